The van der Waals surface area contributed by atoms with Crippen LogP contribution in [0.4, 0.5) is 0 Å². The van der Waals surface area contributed by atoms with Gasteiger partial charge in [0, 0.05) is 25.2 Å². The molecule has 0 radical (unpaired) electrons. The Kier molecular flexibility index (Phi) is 4.48. The van der Waals surface area contributed by atoms with Gasteiger partial charge in [0.1, 0.15) is 0 Å². The van der Waals surface area contributed by atoms with Gasteiger partial charge in [-0.15, -0.1) is 0 Å². The molecule has 1 aromatic heterocycles. The van der Waals surface area contributed by atoms with E-state index in [0.29, 0.717) is 12.5 Å². The van der Waals surface area contributed by atoms with E-state index in [9.17, 15) is 9.90 Å². The van der Waals surface area contributed by atoms with Crippen LogP contribution < -0.4 is 0 Å². The van der Waals surface area contributed by atoms with Gasteiger partial charge in [0.2, 0.25) is 0 Å². The Hall–Kier alpha value is -2.14. The van der Waals surface area contributed by atoms with E-state index in [0.717, 1.165) is 36.3 Å². The molecule has 1 aromatic carbocycles. The molecule has 1 aliphatic rings. The molecule has 2 unspecified atom stereocenters. The molecule has 0 amide bonds. The highest BCUT2D eigenvalue weighted by Crippen LogP contribution is 2.27. The van der Waals surface area contributed by atoms with Gasteiger partial charge in [-0.25, -0.2) is 0 Å². The smallest absolute Gasteiger partial charge is 0.307 e. The lowest BCUT2D eigenvalue weighted by Crippen LogP contribution is -2.41. The molecule has 0 spiro atoms. The molecule has 2 atom stereocenters. The predicted octanol–water partition coefficient (Wildman–Crippen LogP) is 2.93. The van der Waals surface area contributed by atoms with Gasteiger partial charge in [-0.2, -0.15) is 5.10 Å². The topological polar surface area (TPSA) is 69.2 Å². The number of aryl methyl sites for hydroxylation is 1. The number of carboxylic acid groups (broad SMARTS) is 1. The van der Waals surface area contributed by atoms with Gasteiger partial charge in [0.05, 0.1) is 17.8 Å². The lowest BCUT2D eigenvalue weighted by atomic mass is 9.90. The zero-order valence-electron chi connectivity index (χ0n) is 13.6. The van der Waals surface area contributed by atoms with Crippen LogP contribution in [0.5, 0.6) is 0 Å². The van der Waals surface area contributed by atoms with Crippen LogP contribution in [0.2, 0.25) is 0 Å². The minimum absolute atomic E-state index is 0.270. The molecule has 122 valence electrons. The molecule has 2 aromatic rings. The van der Waals surface area contributed by atoms with E-state index < -0.39 is 5.97 Å². The third kappa shape index (κ3) is 3.62. The summed E-state index contributed by atoms with van der Waals surface area (Å²) < 4.78 is 0. The number of aromatic nitrogens is 2. The number of H-pyrrole nitrogens is 1. The fourth-order valence-electron chi connectivity index (χ4n) is 3.41. The minimum Gasteiger partial charge on any atom is -0.481 e. The summed E-state index contributed by atoms with van der Waals surface area (Å²) in [6.07, 6.45) is 2.62. The van der Waals surface area contributed by atoms with Crippen molar-refractivity contribution in [2.75, 3.05) is 13.1 Å². The number of nitrogens with one attached hydrogen (secondary N) is 1. The Balaban J connectivity index is 1.77. The van der Waals surface area contributed by atoms with Gasteiger partial charge < -0.3 is 5.11 Å². The highest BCUT2D eigenvalue weighted by molar-refractivity contribution is 5.70. The molecular weight excluding hydrogens is 290 g/mol. The zero-order valence-corrected chi connectivity index (χ0v) is 13.6. The molecule has 2 heterocycles. The van der Waals surface area contributed by atoms with Crippen LogP contribution in [-0.2, 0) is 11.3 Å². The molecule has 1 fully saturated rings. The molecule has 5 nitrogen and oxygen atoms in total. The van der Waals surface area contributed by atoms with E-state index in [1.807, 2.05) is 6.20 Å². The first kappa shape index (κ1) is 15.7. The predicted molar refractivity (Wildman–Crippen MR) is 88.9 cm³/mol. The van der Waals surface area contributed by atoms with E-state index in [-0.39, 0.29) is 5.92 Å². The van der Waals surface area contributed by atoms with Crippen molar-refractivity contribution >= 4 is 5.97 Å². The van der Waals surface area contributed by atoms with Crippen molar-refractivity contribution in [3.05, 3.63) is 41.6 Å². The standard InChI is InChI=1S/C18H23N3O2/c1-12-3-5-14(6-4-12)17-16(8-19-20-17)11-21-9-13(2)7-15(10-21)18(22)23/h3-6,8,13,15H,7,9-11H2,1-2H3,(H,19,20)(H,22,23). The Morgan fingerprint density at radius 2 is 2.09 bits per heavy atom. The molecule has 2 N–H and O–H groups in total. The van der Waals surface area contributed by atoms with Crippen LogP contribution in [0.15, 0.2) is 30.5 Å². The van der Waals surface area contributed by atoms with E-state index in [4.69, 9.17) is 0 Å². The summed E-state index contributed by atoms with van der Waals surface area (Å²) in [4.78, 5) is 13.6. The molecule has 1 aliphatic heterocycles. The highest BCUT2D eigenvalue weighted by atomic mass is 16.4. The number of nitrogens with zero attached hydrogens (tertiary/aromatic N) is 2. The van der Waals surface area contributed by atoms with Crippen LogP contribution >= 0.6 is 0 Å². The quantitative estimate of drug-likeness (QED) is 0.910. The Morgan fingerprint density at radius 3 is 2.78 bits per heavy atom. The van der Waals surface area contributed by atoms with E-state index >= 15 is 0 Å². The number of likely N-dealkylation sites (tertiary alicyclic amines) is 1. The van der Waals surface area contributed by atoms with Gasteiger partial charge in [-0.05, 0) is 24.8 Å². The summed E-state index contributed by atoms with van der Waals surface area (Å²) in [5.41, 5.74) is 4.48. The molecule has 0 saturated carbocycles. The number of aromatic amines is 1. The third-order valence-electron chi connectivity index (χ3n) is 4.54. The van der Waals surface area contributed by atoms with Crippen molar-refractivity contribution in [1.82, 2.24) is 15.1 Å². The number of aliphatic carboxylic acids is 1. The van der Waals surface area contributed by atoms with Gasteiger partial charge in [-0.1, -0.05) is 36.8 Å². The first-order valence-corrected chi connectivity index (χ1v) is 8.07. The summed E-state index contributed by atoms with van der Waals surface area (Å²) in [7, 11) is 0. The van der Waals surface area contributed by atoms with Crippen LogP contribution in [0.1, 0.15) is 24.5 Å². The highest BCUT2D eigenvalue weighted by Gasteiger charge is 2.29. The van der Waals surface area contributed by atoms with Gasteiger partial charge >= 0.3 is 5.97 Å². The maximum Gasteiger partial charge on any atom is 0.307 e. The summed E-state index contributed by atoms with van der Waals surface area (Å²) in [6.45, 7) is 6.46. The molecule has 23 heavy (non-hydrogen) atoms. The summed E-state index contributed by atoms with van der Waals surface area (Å²) in [6, 6.07) is 8.35. The number of piperidine rings is 1. The second-order valence-electron chi connectivity index (χ2n) is 6.71. The lowest BCUT2D eigenvalue weighted by molar-refractivity contribution is -0.144. The number of carbonyl (C=O) groups is 1. The maximum absolute atomic E-state index is 11.3. The Morgan fingerprint density at radius 1 is 1.35 bits per heavy atom. The molecule has 0 bridgehead atoms. The second-order valence-corrected chi connectivity index (χ2v) is 6.71. The fraction of sp³-hybridized carbons (Fsp3) is 0.444. The van der Waals surface area contributed by atoms with Gasteiger partial charge in [0.15, 0.2) is 0 Å². The number of hydrogen-bond donors (Lipinski definition) is 2. The first-order chi connectivity index (χ1) is 11.0. The van der Waals surface area contributed by atoms with Crippen LogP contribution in [-0.4, -0.2) is 39.3 Å². The maximum atomic E-state index is 11.3. The van der Waals surface area contributed by atoms with Crippen LogP contribution in [0.25, 0.3) is 11.3 Å². The molecule has 0 aliphatic carbocycles. The SMILES string of the molecule is Cc1ccc(-c2[nH]ncc2CN2CC(C)CC(C(=O)O)C2)cc1. The largest absolute Gasteiger partial charge is 0.481 e. The monoisotopic (exact) mass is 313 g/mol. The zero-order chi connectivity index (χ0) is 16.4. The number of carboxylic acids is 1. The minimum atomic E-state index is -0.687. The average Bonchev–Trinajstić information content (AvgIpc) is 2.95. The third-order valence-corrected chi connectivity index (χ3v) is 4.54. The lowest BCUT2D eigenvalue weighted by Gasteiger charge is -2.34. The average molecular weight is 313 g/mol. The van der Waals surface area contributed by atoms with Crippen LogP contribution in [0, 0.1) is 18.8 Å². The van der Waals surface area contributed by atoms with Gasteiger partial charge in [-0.3, -0.25) is 14.8 Å². The van der Waals surface area contributed by atoms with E-state index in [1.54, 1.807) is 0 Å². The second kappa shape index (κ2) is 6.54. The van der Waals surface area contributed by atoms with Crippen molar-refractivity contribution in [3.8, 4) is 11.3 Å². The van der Waals surface area contributed by atoms with Crippen molar-refractivity contribution in [2.24, 2.45) is 11.8 Å². The summed E-state index contributed by atoms with van der Waals surface area (Å²) in [5.74, 6) is -0.555. The van der Waals surface area contributed by atoms with Crippen molar-refractivity contribution in [2.45, 2.75) is 26.8 Å². The fourth-order valence-corrected chi connectivity index (χ4v) is 3.41. The molecule has 3 rings (SSSR count). The van der Waals surface area contributed by atoms with Crippen molar-refractivity contribution < 1.29 is 9.90 Å². The first-order valence-electron chi connectivity index (χ1n) is 8.07. The van der Waals surface area contributed by atoms with Crippen LogP contribution in [0.3, 0.4) is 0 Å². The molecule has 5 heteroatoms. The van der Waals surface area contributed by atoms with Crippen molar-refractivity contribution in [3.63, 3.8) is 0 Å². The number of benzene rings is 1. The normalized spacial score (nSPS) is 22.2. The summed E-state index contributed by atoms with van der Waals surface area (Å²) >= 11 is 0. The Labute approximate surface area is 136 Å². The van der Waals surface area contributed by atoms with Gasteiger partial charge in [0.25, 0.3) is 0 Å². The summed E-state index contributed by atoms with van der Waals surface area (Å²) in [5, 5.41) is 16.6. The Bertz CT molecular complexity index is 678. The van der Waals surface area contributed by atoms with Crippen molar-refractivity contribution in [1.29, 1.82) is 0 Å². The molecular formula is C18H23N3O2. The molecule has 1 saturated heterocycles. The van der Waals surface area contributed by atoms with E-state index in [2.05, 4.69) is 53.2 Å². The van der Waals surface area contributed by atoms with E-state index in [1.165, 1.54) is 5.56 Å². The number of hydrogen-bond acceptors (Lipinski definition) is 3. The number of rotatable bonds is 4.